The molecule has 0 bridgehead atoms. The molecule has 0 aliphatic carbocycles. The minimum Gasteiger partial charge on any atom is -0.431 e. The molecule has 17 heteroatoms. The number of thioether (sulfide) groups is 1. The Morgan fingerprint density at radius 2 is 1.16 bits per heavy atom. The summed E-state index contributed by atoms with van der Waals surface area (Å²) in [5.41, 5.74) is 2.86. The van der Waals surface area contributed by atoms with Crippen molar-refractivity contribution in [3.05, 3.63) is 130 Å². The van der Waals surface area contributed by atoms with E-state index in [1.165, 1.54) is 0 Å². The molecule has 13 nitrogen and oxygen atoms in total. The topological polar surface area (TPSA) is 125 Å². The molecule has 0 saturated carbocycles. The summed E-state index contributed by atoms with van der Waals surface area (Å²) in [5.74, 6) is 2.97. The number of hydrazone groups is 2. The second-order valence-electron chi connectivity index (χ2n) is 12.0. The van der Waals surface area contributed by atoms with E-state index in [1.54, 1.807) is 64.5 Å². The third-order valence-electron chi connectivity index (χ3n) is 8.43. The SMILES string of the molecule is CSc1cccc(N(c2ncc3c(n2)N(C)N=C(c2ccccc2Br)O3)N(c2cccc(S(C)=O)c2)c2ncc3c(n2)N(C)N=C(c2ccccc2Br)O3)c1. The predicted octanol–water partition coefficient (Wildman–Crippen LogP) is 8.52. The Hall–Kier alpha value is -5.36. The Kier molecular flexibility index (Phi) is 10.3. The molecule has 2 aliphatic rings. The van der Waals surface area contributed by atoms with Crippen molar-refractivity contribution in [2.24, 2.45) is 10.2 Å². The van der Waals surface area contributed by atoms with Crippen LogP contribution in [0.5, 0.6) is 11.5 Å². The molecular formula is C38H30Br2N10O3S2. The Balaban J connectivity index is 1.28. The number of ether oxygens (including phenoxy) is 2. The second kappa shape index (κ2) is 15.4. The number of nitrogens with zero attached hydrogens (tertiary/aromatic N) is 10. The number of anilines is 6. The van der Waals surface area contributed by atoms with Gasteiger partial charge < -0.3 is 9.47 Å². The van der Waals surface area contributed by atoms with Crippen LogP contribution in [0, 0.1) is 0 Å². The fraction of sp³-hybridized carbons (Fsp3) is 0.105. The lowest BCUT2D eigenvalue weighted by Gasteiger charge is -2.36. The number of aromatic nitrogens is 4. The van der Waals surface area contributed by atoms with Gasteiger partial charge in [-0.1, -0.05) is 36.4 Å². The fourth-order valence-corrected chi connectivity index (χ4v) is 7.72. The third kappa shape index (κ3) is 7.27. The van der Waals surface area contributed by atoms with Gasteiger partial charge in [0.1, 0.15) is 0 Å². The molecule has 55 heavy (non-hydrogen) atoms. The van der Waals surface area contributed by atoms with Crippen LogP contribution in [0.1, 0.15) is 11.1 Å². The van der Waals surface area contributed by atoms with Gasteiger partial charge in [-0.15, -0.1) is 22.0 Å². The van der Waals surface area contributed by atoms with Crippen molar-refractivity contribution in [1.82, 2.24) is 19.9 Å². The highest BCUT2D eigenvalue weighted by Gasteiger charge is 2.32. The first-order valence-electron chi connectivity index (χ1n) is 16.6. The lowest BCUT2D eigenvalue weighted by atomic mass is 10.2. The standard InChI is InChI=1S/C38H30Br2N10O3S2/c1-47-33-31(52-35(45-47)27-15-5-7-17-29(27)39)21-41-37(43-33)49(23-11-9-13-25(19-23)54-3)50(24-12-10-14-26(20-24)55(4)51)38-42-22-32-34(44-38)48(2)46-36(53-32)28-16-6-8-18-30(28)40/h5-22H,1-4H3. The van der Waals surface area contributed by atoms with E-state index in [4.69, 9.17) is 39.6 Å². The first-order chi connectivity index (χ1) is 26.7. The van der Waals surface area contributed by atoms with Gasteiger partial charge in [-0.05, 0) is 98.8 Å². The van der Waals surface area contributed by atoms with Crippen molar-refractivity contribution in [3.8, 4) is 11.5 Å². The molecule has 2 aromatic heterocycles. The minimum atomic E-state index is -1.29. The van der Waals surface area contributed by atoms with Gasteiger partial charge in [0.15, 0.2) is 23.1 Å². The normalized spacial score (nSPS) is 13.8. The van der Waals surface area contributed by atoms with E-state index in [2.05, 4.69) is 31.9 Å². The summed E-state index contributed by atoms with van der Waals surface area (Å²) in [7, 11) is 2.31. The van der Waals surface area contributed by atoms with E-state index in [9.17, 15) is 4.21 Å². The number of fused-ring (bicyclic) bond motifs is 2. The molecule has 6 aromatic rings. The molecule has 0 amide bonds. The van der Waals surface area contributed by atoms with Crippen LogP contribution in [0.4, 0.5) is 34.9 Å². The molecule has 0 spiro atoms. The van der Waals surface area contributed by atoms with Crippen LogP contribution in [-0.4, -0.2) is 62.5 Å². The van der Waals surface area contributed by atoms with E-state index in [-0.39, 0.29) is 11.9 Å². The Morgan fingerprint density at radius 1 is 0.673 bits per heavy atom. The quantitative estimate of drug-likeness (QED) is 0.102. The molecule has 2 aliphatic heterocycles. The smallest absolute Gasteiger partial charge is 0.252 e. The molecule has 1 unspecified atom stereocenters. The number of hydrogen-bond donors (Lipinski definition) is 0. The van der Waals surface area contributed by atoms with Gasteiger partial charge in [0.05, 0.1) is 34.9 Å². The molecule has 0 radical (unpaired) electrons. The van der Waals surface area contributed by atoms with Crippen LogP contribution >= 0.6 is 43.6 Å². The summed E-state index contributed by atoms with van der Waals surface area (Å²) in [6.07, 6.45) is 6.87. The summed E-state index contributed by atoms with van der Waals surface area (Å²) in [5, 5.41) is 16.3. The van der Waals surface area contributed by atoms with Crippen LogP contribution in [0.3, 0.4) is 0 Å². The summed E-state index contributed by atoms with van der Waals surface area (Å²) in [6, 6.07) is 30.7. The van der Waals surface area contributed by atoms with Crippen LogP contribution in [-0.2, 0) is 10.8 Å². The van der Waals surface area contributed by atoms with Crippen LogP contribution < -0.4 is 29.5 Å². The lowest BCUT2D eigenvalue weighted by molar-refractivity contribution is 0.523. The van der Waals surface area contributed by atoms with E-state index in [0.717, 1.165) is 25.0 Å². The molecular weight excluding hydrogens is 868 g/mol. The van der Waals surface area contributed by atoms with Crippen LogP contribution in [0.15, 0.2) is 138 Å². The number of benzene rings is 4. The summed E-state index contributed by atoms with van der Waals surface area (Å²) < 4.78 is 27.0. The van der Waals surface area contributed by atoms with Gasteiger partial charge in [-0.3, -0.25) is 4.21 Å². The van der Waals surface area contributed by atoms with Gasteiger partial charge in [0, 0.05) is 49.9 Å². The van der Waals surface area contributed by atoms with Crippen LogP contribution in [0.25, 0.3) is 0 Å². The summed E-state index contributed by atoms with van der Waals surface area (Å²) in [4.78, 5) is 21.4. The van der Waals surface area contributed by atoms with Crippen molar-refractivity contribution in [1.29, 1.82) is 0 Å². The molecule has 0 N–H and O–H groups in total. The maximum absolute atomic E-state index is 12.8. The predicted molar refractivity (Wildman–Crippen MR) is 225 cm³/mol. The molecule has 4 heterocycles. The first-order valence-corrected chi connectivity index (χ1v) is 21.0. The molecule has 1 atom stereocenters. The number of hydrogen-bond acceptors (Lipinski definition) is 14. The summed E-state index contributed by atoms with van der Waals surface area (Å²) >= 11 is 8.80. The van der Waals surface area contributed by atoms with Crippen molar-refractivity contribution in [2.45, 2.75) is 9.79 Å². The molecule has 276 valence electrons. The van der Waals surface area contributed by atoms with Crippen molar-refractivity contribution in [2.75, 3.05) is 46.6 Å². The fourth-order valence-electron chi connectivity index (χ4n) is 5.80. The number of rotatable bonds is 9. The minimum absolute atomic E-state index is 0.238. The van der Waals surface area contributed by atoms with Gasteiger partial charge in [0.2, 0.25) is 11.8 Å². The van der Waals surface area contributed by atoms with E-state index < -0.39 is 10.8 Å². The zero-order valence-corrected chi connectivity index (χ0v) is 34.5. The average Bonchev–Trinajstić information content (AvgIpc) is 3.20. The van der Waals surface area contributed by atoms with Crippen molar-refractivity contribution < 1.29 is 13.7 Å². The molecule has 4 aromatic carbocycles. The van der Waals surface area contributed by atoms with Gasteiger partial charge >= 0.3 is 0 Å². The second-order valence-corrected chi connectivity index (χ2v) is 16.0. The summed E-state index contributed by atoms with van der Waals surface area (Å²) in [6.45, 7) is 0. The Bertz CT molecular complexity index is 2540. The highest BCUT2D eigenvalue weighted by atomic mass is 79.9. The molecule has 8 rings (SSSR count). The zero-order valence-electron chi connectivity index (χ0n) is 29.7. The Morgan fingerprint density at radius 3 is 1.65 bits per heavy atom. The first kappa shape index (κ1) is 36.6. The van der Waals surface area contributed by atoms with E-state index in [0.29, 0.717) is 51.2 Å². The maximum atomic E-state index is 12.8. The van der Waals surface area contributed by atoms with E-state index >= 15 is 0 Å². The van der Waals surface area contributed by atoms with Crippen molar-refractivity contribution in [3.63, 3.8) is 0 Å². The number of hydrazine groups is 1. The van der Waals surface area contributed by atoms with Crippen LogP contribution in [0.2, 0.25) is 0 Å². The monoisotopic (exact) mass is 896 g/mol. The highest BCUT2D eigenvalue weighted by molar-refractivity contribution is 9.10. The Labute approximate surface area is 340 Å². The van der Waals surface area contributed by atoms with E-state index in [1.807, 2.05) is 103 Å². The van der Waals surface area contributed by atoms with Gasteiger partial charge in [-0.2, -0.15) is 9.97 Å². The average molecular weight is 899 g/mol. The largest absolute Gasteiger partial charge is 0.431 e. The van der Waals surface area contributed by atoms with Crippen molar-refractivity contribution >= 4 is 101 Å². The molecule has 0 fully saturated rings. The molecule has 0 saturated heterocycles. The number of halogens is 2. The lowest BCUT2D eigenvalue weighted by Crippen LogP contribution is -2.39. The zero-order chi connectivity index (χ0) is 38.2. The van der Waals surface area contributed by atoms with Gasteiger partial charge in [0.25, 0.3) is 11.9 Å². The van der Waals surface area contributed by atoms with Gasteiger partial charge in [-0.25, -0.2) is 30.0 Å². The third-order valence-corrected chi connectivity index (χ3v) is 11.5. The maximum Gasteiger partial charge on any atom is 0.252 e. The highest BCUT2D eigenvalue weighted by Crippen LogP contribution is 2.41.